The maximum atomic E-state index is 12.2. The number of benzene rings is 2. The van der Waals surface area contributed by atoms with Gasteiger partial charge in [-0.25, -0.2) is 0 Å². The van der Waals surface area contributed by atoms with Gasteiger partial charge in [-0.05, 0) is 61.4 Å². The normalized spacial score (nSPS) is 10.2. The van der Waals surface area contributed by atoms with Crippen molar-refractivity contribution < 1.29 is 4.79 Å². The van der Waals surface area contributed by atoms with Crippen LogP contribution in [0.2, 0.25) is 0 Å². The Balaban J connectivity index is 2.06. The summed E-state index contributed by atoms with van der Waals surface area (Å²) in [5, 5.41) is 6.22. The average Bonchev–Trinajstić information content (AvgIpc) is 2.48. The Bertz CT molecular complexity index is 623. The van der Waals surface area contributed by atoms with E-state index in [0.29, 0.717) is 5.56 Å². The highest BCUT2D eigenvalue weighted by molar-refractivity contribution is 9.10. The van der Waals surface area contributed by atoms with Gasteiger partial charge in [-0.1, -0.05) is 22.9 Å². The molecule has 0 spiro atoms. The second-order valence-electron chi connectivity index (χ2n) is 4.92. The minimum Gasteiger partial charge on any atom is -0.385 e. The third-order valence-electron chi connectivity index (χ3n) is 3.16. The van der Waals surface area contributed by atoms with E-state index in [-0.39, 0.29) is 5.91 Å². The molecule has 0 fully saturated rings. The number of nitrogens with one attached hydrogen (secondary N) is 2. The number of amides is 1. The van der Waals surface area contributed by atoms with Crippen LogP contribution >= 0.6 is 15.9 Å². The molecule has 3 nitrogen and oxygen atoms in total. The van der Waals surface area contributed by atoms with Crippen molar-refractivity contribution in [1.82, 2.24) is 0 Å². The van der Waals surface area contributed by atoms with Gasteiger partial charge in [-0.3, -0.25) is 4.79 Å². The number of aryl methyl sites for hydroxylation is 1. The first-order valence-electron chi connectivity index (χ1n) is 7.01. The summed E-state index contributed by atoms with van der Waals surface area (Å²) < 4.78 is 1.00. The van der Waals surface area contributed by atoms with Crippen LogP contribution in [0, 0.1) is 6.92 Å². The van der Waals surface area contributed by atoms with Gasteiger partial charge in [0.25, 0.3) is 5.91 Å². The van der Waals surface area contributed by atoms with Crippen LogP contribution in [0.5, 0.6) is 0 Å². The van der Waals surface area contributed by atoms with Crippen LogP contribution in [0.4, 0.5) is 11.4 Å². The summed E-state index contributed by atoms with van der Waals surface area (Å²) in [4.78, 5) is 12.2. The van der Waals surface area contributed by atoms with E-state index < -0.39 is 0 Å². The number of anilines is 2. The number of rotatable bonds is 5. The Morgan fingerprint density at radius 3 is 2.48 bits per heavy atom. The highest BCUT2D eigenvalue weighted by Gasteiger charge is 2.07. The molecule has 0 aliphatic rings. The van der Waals surface area contributed by atoms with Crippen LogP contribution in [0.1, 0.15) is 29.3 Å². The minimum absolute atomic E-state index is 0.0949. The first-order chi connectivity index (χ1) is 10.1. The number of halogens is 1. The molecule has 4 heteroatoms. The van der Waals surface area contributed by atoms with Crippen LogP contribution in [-0.2, 0) is 0 Å². The van der Waals surface area contributed by atoms with Crippen molar-refractivity contribution in [2.45, 2.75) is 20.3 Å². The van der Waals surface area contributed by atoms with Crippen molar-refractivity contribution in [1.29, 1.82) is 0 Å². The highest BCUT2D eigenvalue weighted by Crippen LogP contribution is 2.21. The van der Waals surface area contributed by atoms with Crippen LogP contribution in [0.15, 0.2) is 46.9 Å². The lowest BCUT2D eigenvalue weighted by atomic mass is 10.1. The zero-order chi connectivity index (χ0) is 15.2. The molecule has 0 heterocycles. The van der Waals surface area contributed by atoms with E-state index >= 15 is 0 Å². The van der Waals surface area contributed by atoms with Crippen molar-refractivity contribution >= 4 is 33.2 Å². The molecule has 0 bridgehead atoms. The van der Waals surface area contributed by atoms with E-state index in [9.17, 15) is 4.79 Å². The van der Waals surface area contributed by atoms with Crippen molar-refractivity contribution in [2.24, 2.45) is 0 Å². The van der Waals surface area contributed by atoms with E-state index in [1.807, 2.05) is 49.4 Å². The summed E-state index contributed by atoms with van der Waals surface area (Å²) in [6.45, 7) is 5.02. The summed E-state index contributed by atoms with van der Waals surface area (Å²) in [7, 11) is 0. The molecule has 21 heavy (non-hydrogen) atoms. The van der Waals surface area contributed by atoms with Gasteiger partial charge >= 0.3 is 0 Å². The summed E-state index contributed by atoms with van der Waals surface area (Å²) in [6, 6.07) is 13.3. The third kappa shape index (κ3) is 4.33. The standard InChI is InChI=1S/C17H19BrN2O/c1-3-10-19-15-7-4-13(5-8-15)17(21)20-16-9-6-14(18)11-12(16)2/h4-9,11,19H,3,10H2,1-2H3,(H,20,21). The van der Waals surface area contributed by atoms with E-state index in [1.165, 1.54) is 0 Å². The molecule has 0 atom stereocenters. The van der Waals surface area contributed by atoms with Crippen molar-refractivity contribution in [3.63, 3.8) is 0 Å². The molecular formula is C17H19BrN2O. The van der Waals surface area contributed by atoms with E-state index in [1.54, 1.807) is 0 Å². The first-order valence-corrected chi connectivity index (χ1v) is 7.81. The molecule has 2 rings (SSSR count). The molecule has 2 aromatic carbocycles. The Kier molecular flexibility index (Phi) is 5.39. The molecule has 2 N–H and O–H groups in total. The predicted octanol–water partition coefficient (Wildman–Crippen LogP) is 4.83. The number of hydrogen-bond donors (Lipinski definition) is 2. The molecule has 0 saturated carbocycles. The molecule has 0 saturated heterocycles. The first kappa shape index (κ1) is 15.6. The zero-order valence-electron chi connectivity index (χ0n) is 12.2. The average molecular weight is 347 g/mol. The van der Waals surface area contributed by atoms with E-state index in [2.05, 4.69) is 33.5 Å². The highest BCUT2D eigenvalue weighted by atomic mass is 79.9. The van der Waals surface area contributed by atoms with Gasteiger partial charge in [0.2, 0.25) is 0 Å². The Hall–Kier alpha value is -1.81. The topological polar surface area (TPSA) is 41.1 Å². The van der Waals surface area contributed by atoms with Crippen molar-refractivity contribution in [2.75, 3.05) is 17.2 Å². The lowest BCUT2D eigenvalue weighted by Crippen LogP contribution is -2.12. The van der Waals surface area contributed by atoms with Crippen LogP contribution < -0.4 is 10.6 Å². The fourth-order valence-corrected chi connectivity index (χ4v) is 2.45. The van der Waals surface area contributed by atoms with Gasteiger partial charge in [0.05, 0.1) is 0 Å². The maximum absolute atomic E-state index is 12.2. The molecule has 0 radical (unpaired) electrons. The number of carbonyl (C=O) groups excluding carboxylic acids is 1. The quantitative estimate of drug-likeness (QED) is 0.813. The Morgan fingerprint density at radius 1 is 1.14 bits per heavy atom. The van der Waals surface area contributed by atoms with E-state index in [0.717, 1.165) is 34.4 Å². The van der Waals surface area contributed by atoms with Crippen LogP contribution in [0.3, 0.4) is 0 Å². The molecule has 0 aromatic heterocycles. The second kappa shape index (κ2) is 7.27. The van der Waals surface area contributed by atoms with Crippen LogP contribution in [0.25, 0.3) is 0 Å². The maximum Gasteiger partial charge on any atom is 0.255 e. The van der Waals surface area contributed by atoms with E-state index in [4.69, 9.17) is 0 Å². The molecule has 0 aliphatic heterocycles. The summed E-state index contributed by atoms with van der Waals surface area (Å²) in [5.74, 6) is -0.0949. The molecule has 1 amide bonds. The van der Waals surface area contributed by atoms with Gasteiger partial charge in [0, 0.05) is 28.0 Å². The van der Waals surface area contributed by atoms with Gasteiger partial charge in [0.15, 0.2) is 0 Å². The SMILES string of the molecule is CCCNc1ccc(C(=O)Nc2ccc(Br)cc2C)cc1. The number of hydrogen-bond acceptors (Lipinski definition) is 2. The summed E-state index contributed by atoms with van der Waals surface area (Å²) >= 11 is 3.42. The Morgan fingerprint density at radius 2 is 1.86 bits per heavy atom. The summed E-state index contributed by atoms with van der Waals surface area (Å²) in [6.07, 6.45) is 1.07. The van der Waals surface area contributed by atoms with Crippen molar-refractivity contribution in [3.8, 4) is 0 Å². The zero-order valence-corrected chi connectivity index (χ0v) is 13.8. The largest absolute Gasteiger partial charge is 0.385 e. The van der Waals surface area contributed by atoms with Crippen LogP contribution in [-0.4, -0.2) is 12.5 Å². The van der Waals surface area contributed by atoms with Gasteiger partial charge in [0.1, 0.15) is 0 Å². The fraction of sp³-hybridized carbons (Fsp3) is 0.235. The second-order valence-corrected chi connectivity index (χ2v) is 5.83. The van der Waals surface area contributed by atoms with Gasteiger partial charge in [-0.2, -0.15) is 0 Å². The molecular weight excluding hydrogens is 328 g/mol. The summed E-state index contributed by atoms with van der Waals surface area (Å²) in [5.41, 5.74) is 3.54. The fourth-order valence-electron chi connectivity index (χ4n) is 1.97. The third-order valence-corrected chi connectivity index (χ3v) is 3.66. The lowest BCUT2D eigenvalue weighted by molar-refractivity contribution is 0.102. The molecule has 0 aliphatic carbocycles. The van der Waals surface area contributed by atoms with Gasteiger partial charge < -0.3 is 10.6 Å². The predicted molar refractivity (Wildman–Crippen MR) is 92.1 cm³/mol. The molecule has 2 aromatic rings. The smallest absolute Gasteiger partial charge is 0.255 e. The Labute approximate surface area is 133 Å². The molecule has 110 valence electrons. The molecule has 0 unspecified atom stereocenters. The monoisotopic (exact) mass is 346 g/mol. The minimum atomic E-state index is -0.0949. The number of carbonyl (C=O) groups is 1. The lowest BCUT2D eigenvalue weighted by Gasteiger charge is -2.10. The van der Waals surface area contributed by atoms with Crippen molar-refractivity contribution in [3.05, 3.63) is 58.1 Å². The van der Waals surface area contributed by atoms with Gasteiger partial charge in [-0.15, -0.1) is 0 Å².